The summed E-state index contributed by atoms with van der Waals surface area (Å²) in [6.07, 6.45) is 3.72. The largest absolute Gasteiger partial charge is 0.392 e. The van der Waals surface area contributed by atoms with Crippen LogP contribution in [0.1, 0.15) is 57.8 Å². The topological polar surface area (TPSA) is 69.3 Å². The van der Waals surface area contributed by atoms with E-state index in [1.54, 1.807) is 7.11 Å². The molecular weight excluding hydrogens is 523 g/mol. The SMILES string of the molecule is COC1CCCN(CC2CC3C(=O)N(C4CCCC(C5(CC6NNCN6C)COC5)C4)CC3C(C(F)(F)F)C2)C1. The summed E-state index contributed by atoms with van der Waals surface area (Å²) in [4.78, 5) is 20.3. The predicted molar refractivity (Wildman–Crippen MR) is 144 cm³/mol. The summed E-state index contributed by atoms with van der Waals surface area (Å²) in [7, 11) is 3.81. The number of halogens is 3. The Balaban J connectivity index is 1.14. The highest BCUT2D eigenvalue weighted by atomic mass is 19.4. The molecule has 0 spiro atoms. The number of hydrogen-bond acceptors (Lipinski definition) is 7. The van der Waals surface area contributed by atoms with E-state index in [0.717, 1.165) is 77.9 Å². The second kappa shape index (κ2) is 11.6. The highest BCUT2D eigenvalue weighted by Gasteiger charge is 2.58. The standard InChI is InChI=1S/C29H48F3N5O3/c1-35-18-33-34-26(35)12-28(16-40-17-28)20-5-3-6-21(11-20)37-15-24-23(27(37)38)9-19(10-25(24)29(30,31)32)13-36-8-4-7-22(14-36)39-2/h19-26,33-34H,3-18H2,1-2H3. The monoisotopic (exact) mass is 571 g/mol. The van der Waals surface area contributed by atoms with Crippen LogP contribution in [0.5, 0.6) is 0 Å². The molecule has 11 heteroatoms. The first-order valence-corrected chi connectivity index (χ1v) is 15.6. The second-order valence-corrected chi connectivity index (χ2v) is 13.8. The Morgan fingerprint density at radius 2 is 1.93 bits per heavy atom. The number of nitrogens with zero attached hydrogens (tertiary/aromatic N) is 3. The van der Waals surface area contributed by atoms with Crippen LogP contribution in [0.15, 0.2) is 0 Å². The van der Waals surface area contributed by atoms with Crippen molar-refractivity contribution in [2.45, 2.75) is 82.3 Å². The Morgan fingerprint density at radius 3 is 2.60 bits per heavy atom. The van der Waals surface area contributed by atoms with Gasteiger partial charge in [-0.25, -0.2) is 10.9 Å². The molecule has 228 valence electrons. The van der Waals surface area contributed by atoms with Crippen LogP contribution in [-0.4, -0.2) is 105 Å². The molecular formula is C29H48F3N5O3. The number of amides is 1. The molecule has 0 aromatic heterocycles. The molecule has 0 radical (unpaired) electrons. The van der Waals surface area contributed by atoms with Crippen LogP contribution in [0.3, 0.4) is 0 Å². The molecule has 0 aromatic rings. The number of hydrogen-bond donors (Lipinski definition) is 2. The van der Waals surface area contributed by atoms with E-state index in [1.165, 1.54) is 0 Å². The van der Waals surface area contributed by atoms with Gasteiger partial charge >= 0.3 is 6.18 Å². The molecule has 8 unspecified atom stereocenters. The third-order valence-corrected chi connectivity index (χ3v) is 11.4. The summed E-state index contributed by atoms with van der Waals surface area (Å²) < 4.78 is 54.6. The number of fused-ring (bicyclic) bond motifs is 1. The van der Waals surface area contributed by atoms with Crippen molar-refractivity contribution in [3.8, 4) is 0 Å². The van der Waals surface area contributed by atoms with E-state index in [9.17, 15) is 18.0 Å². The Kier molecular flexibility index (Phi) is 8.44. The first kappa shape index (κ1) is 29.1. The number of rotatable bonds is 7. The summed E-state index contributed by atoms with van der Waals surface area (Å²) in [5, 5.41) is 0. The van der Waals surface area contributed by atoms with Crippen molar-refractivity contribution in [3.05, 3.63) is 0 Å². The molecule has 40 heavy (non-hydrogen) atoms. The van der Waals surface area contributed by atoms with Crippen LogP contribution in [0.4, 0.5) is 13.2 Å². The first-order valence-electron chi connectivity index (χ1n) is 15.6. The number of piperidine rings is 1. The van der Waals surface area contributed by atoms with Crippen LogP contribution in [0.25, 0.3) is 0 Å². The van der Waals surface area contributed by atoms with Gasteiger partial charge in [0.2, 0.25) is 5.91 Å². The Morgan fingerprint density at radius 1 is 1.10 bits per heavy atom. The number of likely N-dealkylation sites (tertiary alicyclic amines) is 2. The van der Waals surface area contributed by atoms with Crippen molar-refractivity contribution >= 4 is 5.91 Å². The fourth-order valence-corrected chi connectivity index (χ4v) is 9.09. The lowest BCUT2D eigenvalue weighted by atomic mass is 9.64. The summed E-state index contributed by atoms with van der Waals surface area (Å²) in [5.74, 6) is -2.20. The Bertz CT molecular complexity index is 905. The van der Waals surface area contributed by atoms with E-state index >= 15 is 0 Å². The normalized spacial score (nSPS) is 41.2. The van der Waals surface area contributed by atoms with Gasteiger partial charge in [0.1, 0.15) is 0 Å². The molecule has 6 rings (SSSR count). The highest BCUT2D eigenvalue weighted by Crippen LogP contribution is 2.53. The van der Waals surface area contributed by atoms with Crippen molar-refractivity contribution in [1.82, 2.24) is 25.6 Å². The molecule has 1 amide bonds. The maximum absolute atomic E-state index is 14.4. The highest BCUT2D eigenvalue weighted by molar-refractivity contribution is 5.82. The summed E-state index contributed by atoms with van der Waals surface area (Å²) in [6, 6.07) is 0.0404. The van der Waals surface area contributed by atoms with E-state index in [2.05, 4.69) is 27.7 Å². The maximum atomic E-state index is 14.4. The molecule has 4 aliphatic heterocycles. The van der Waals surface area contributed by atoms with Gasteiger partial charge in [-0.2, -0.15) is 13.2 Å². The minimum absolute atomic E-state index is 0.0108. The average molecular weight is 572 g/mol. The molecule has 8 nitrogen and oxygen atoms in total. The van der Waals surface area contributed by atoms with Gasteiger partial charge in [0, 0.05) is 44.1 Å². The molecule has 2 N–H and O–H groups in total. The third kappa shape index (κ3) is 5.67. The second-order valence-electron chi connectivity index (χ2n) is 13.8. The van der Waals surface area contributed by atoms with Gasteiger partial charge in [0.15, 0.2) is 0 Å². The number of ether oxygens (including phenoxy) is 2. The van der Waals surface area contributed by atoms with Crippen molar-refractivity contribution in [1.29, 1.82) is 0 Å². The molecule has 4 heterocycles. The number of carbonyl (C=O) groups is 1. The molecule has 0 aromatic carbocycles. The predicted octanol–water partition coefficient (Wildman–Crippen LogP) is 3.05. The molecule has 0 bridgehead atoms. The minimum Gasteiger partial charge on any atom is -0.380 e. The zero-order chi connectivity index (χ0) is 28.1. The van der Waals surface area contributed by atoms with Crippen molar-refractivity contribution in [2.24, 2.45) is 35.0 Å². The van der Waals surface area contributed by atoms with Gasteiger partial charge < -0.3 is 19.3 Å². The van der Waals surface area contributed by atoms with E-state index in [-0.39, 0.29) is 48.5 Å². The van der Waals surface area contributed by atoms with E-state index in [0.29, 0.717) is 18.9 Å². The lowest BCUT2D eigenvalue weighted by molar-refractivity contribution is -0.204. The van der Waals surface area contributed by atoms with Gasteiger partial charge in [0.25, 0.3) is 0 Å². The maximum Gasteiger partial charge on any atom is 0.392 e. The fourth-order valence-electron chi connectivity index (χ4n) is 9.09. The third-order valence-electron chi connectivity index (χ3n) is 11.4. The van der Waals surface area contributed by atoms with Crippen molar-refractivity contribution in [2.75, 3.05) is 60.2 Å². The molecule has 8 atom stereocenters. The number of nitrogens with one attached hydrogen (secondary N) is 2. The summed E-state index contributed by atoms with van der Waals surface area (Å²) in [6.45, 7) is 4.84. The van der Waals surface area contributed by atoms with Crippen LogP contribution in [-0.2, 0) is 14.3 Å². The van der Waals surface area contributed by atoms with Gasteiger partial charge in [-0.1, -0.05) is 6.42 Å². The fraction of sp³-hybridized carbons (Fsp3) is 0.966. The molecule has 2 saturated carbocycles. The Labute approximate surface area is 236 Å². The molecule has 4 saturated heterocycles. The Hall–Kier alpha value is -0.980. The lowest BCUT2D eigenvalue weighted by Crippen LogP contribution is -2.56. The van der Waals surface area contributed by atoms with Crippen molar-refractivity contribution < 1.29 is 27.4 Å². The zero-order valence-electron chi connectivity index (χ0n) is 24.1. The van der Waals surface area contributed by atoms with Crippen LogP contribution < -0.4 is 10.9 Å². The first-order chi connectivity index (χ1) is 19.2. The minimum atomic E-state index is -4.27. The zero-order valence-corrected chi connectivity index (χ0v) is 24.1. The summed E-state index contributed by atoms with van der Waals surface area (Å²) >= 11 is 0. The van der Waals surface area contributed by atoms with Gasteiger partial charge in [0.05, 0.1) is 38.1 Å². The van der Waals surface area contributed by atoms with E-state index < -0.39 is 23.9 Å². The van der Waals surface area contributed by atoms with Crippen LogP contribution in [0, 0.1) is 35.0 Å². The number of carbonyl (C=O) groups excluding carboxylic acids is 1. The van der Waals surface area contributed by atoms with Gasteiger partial charge in [-0.3, -0.25) is 9.69 Å². The quantitative estimate of drug-likeness (QED) is 0.487. The molecule has 2 aliphatic carbocycles. The van der Waals surface area contributed by atoms with Crippen LogP contribution in [0.2, 0.25) is 0 Å². The molecule has 6 aliphatic rings. The summed E-state index contributed by atoms with van der Waals surface area (Å²) in [5.41, 5.74) is 6.66. The molecule has 6 fully saturated rings. The van der Waals surface area contributed by atoms with E-state index in [4.69, 9.17) is 9.47 Å². The van der Waals surface area contributed by atoms with Crippen molar-refractivity contribution in [3.63, 3.8) is 0 Å². The smallest absolute Gasteiger partial charge is 0.380 e. The van der Waals surface area contributed by atoms with Crippen LogP contribution >= 0.6 is 0 Å². The average Bonchev–Trinajstić information content (AvgIpc) is 3.47. The van der Waals surface area contributed by atoms with E-state index in [1.807, 2.05) is 4.90 Å². The lowest BCUT2D eigenvalue weighted by Gasteiger charge is -2.52. The number of hydrazine groups is 1. The number of alkyl halides is 3. The number of methoxy groups -OCH3 is 1. The van der Waals surface area contributed by atoms with Gasteiger partial charge in [-0.15, -0.1) is 0 Å². The van der Waals surface area contributed by atoms with Gasteiger partial charge in [-0.05, 0) is 82.7 Å².